The van der Waals surface area contributed by atoms with Crippen LogP contribution in [0.25, 0.3) is 0 Å². The smallest absolute Gasteiger partial charge is 0.233 e. The highest BCUT2D eigenvalue weighted by Crippen LogP contribution is 2.50. The van der Waals surface area contributed by atoms with E-state index in [2.05, 4.69) is 11.8 Å². The van der Waals surface area contributed by atoms with E-state index in [0.29, 0.717) is 11.8 Å². The lowest BCUT2D eigenvalue weighted by atomic mass is 9.92. The summed E-state index contributed by atoms with van der Waals surface area (Å²) in [6.07, 6.45) is 4.36. The van der Waals surface area contributed by atoms with Crippen LogP contribution in [0.5, 0.6) is 0 Å². The van der Waals surface area contributed by atoms with Crippen LogP contribution >= 0.6 is 11.6 Å². The number of amides is 1. The van der Waals surface area contributed by atoms with Gasteiger partial charge in [-0.15, -0.1) is 0 Å². The third-order valence-corrected chi connectivity index (χ3v) is 4.75. The summed E-state index contributed by atoms with van der Waals surface area (Å²) < 4.78 is 0. The highest BCUT2D eigenvalue weighted by molar-refractivity contribution is 6.30. The standard InChI is InChI=1S/C16H20ClNO/c1-12-3-2-10-18(11-12)15(19)16(8-9-16)13-4-6-14(17)7-5-13/h4-7,12H,2-3,8-11H2,1H3. The van der Waals surface area contributed by atoms with E-state index in [9.17, 15) is 4.79 Å². The van der Waals surface area contributed by atoms with E-state index in [-0.39, 0.29) is 5.41 Å². The maximum Gasteiger partial charge on any atom is 0.233 e. The molecule has 3 heteroatoms. The molecule has 1 saturated heterocycles. The molecule has 1 aliphatic heterocycles. The number of rotatable bonds is 2. The van der Waals surface area contributed by atoms with Crippen LogP contribution < -0.4 is 0 Å². The lowest BCUT2D eigenvalue weighted by molar-refractivity contribution is -0.135. The van der Waals surface area contributed by atoms with Gasteiger partial charge in [-0.3, -0.25) is 4.79 Å². The lowest BCUT2D eigenvalue weighted by Gasteiger charge is -2.34. The molecule has 0 N–H and O–H groups in total. The predicted molar refractivity (Wildman–Crippen MR) is 77.3 cm³/mol. The number of carbonyl (C=O) groups excluding carboxylic acids is 1. The molecule has 2 fully saturated rings. The van der Waals surface area contributed by atoms with E-state index in [0.717, 1.165) is 42.9 Å². The third kappa shape index (κ3) is 2.38. The van der Waals surface area contributed by atoms with Crippen molar-refractivity contribution < 1.29 is 4.79 Å². The summed E-state index contributed by atoms with van der Waals surface area (Å²) in [5.74, 6) is 0.972. The second kappa shape index (κ2) is 4.82. The van der Waals surface area contributed by atoms with Crippen molar-refractivity contribution in [3.8, 4) is 0 Å². The van der Waals surface area contributed by atoms with E-state index < -0.39 is 0 Å². The Hall–Kier alpha value is -1.02. The van der Waals surface area contributed by atoms with E-state index in [1.165, 1.54) is 6.42 Å². The Morgan fingerprint density at radius 2 is 2.00 bits per heavy atom. The Balaban J connectivity index is 1.80. The summed E-state index contributed by atoms with van der Waals surface area (Å²) in [5.41, 5.74) is 0.905. The summed E-state index contributed by atoms with van der Waals surface area (Å²) >= 11 is 5.93. The molecule has 1 unspecified atom stereocenters. The zero-order chi connectivity index (χ0) is 13.5. The monoisotopic (exact) mass is 277 g/mol. The summed E-state index contributed by atoms with van der Waals surface area (Å²) in [7, 11) is 0. The van der Waals surface area contributed by atoms with Gasteiger partial charge < -0.3 is 4.90 Å². The second-order valence-corrected chi connectivity index (χ2v) is 6.52. The van der Waals surface area contributed by atoms with Crippen molar-refractivity contribution in [2.75, 3.05) is 13.1 Å². The average molecular weight is 278 g/mol. The molecule has 2 nitrogen and oxygen atoms in total. The molecule has 19 heavy (non-hydrogen) atoms. The van der Waals surface area contributed by atoms with Gasteiger partial charge in [-0.2, -0.15) is 0 Å². The topological polar surface area (TPSA) is 20.3 Å². The van der Waals surface area contributed by atoms with Crippen LogP contribution in [0.15, 0.2) is 24.3 Å². The molecule has 1 aromatic carbocycles. The fraction of sp³-hybridized carbons (Fsp3) is 0.562. The largest absolute Gasteiger partial charge is 0.342 e. The molecule has 1 amide bonds. The molecule has 1 aromatic rings. The first-order valence-corrected chi connectivity index (χ1v) is 7.55. The molecule has 102 valence electrons. The van der Waals surface area contributed by atoms with Gasteiger partial charge in [-0.25, -0.2) is 0 Å². The Morgan fingerprint density at radius 1 is 1.32 bits per heavy atom. The maximum atomic E-state index is 12.8. The first-order chi connectivity index (χ1) is 9.12. The average Bonchev–Trinajstić information content (AvgIpc) is 3.20. The first-order valence-electron chi connectivity index (χ1n) is 7.17. The van der Waals surface area contributed by atoms with E-state index in [1.807, 2.05) is 24.3 Å². The van der Waals surface area contributed by atoms with Gasteiger partial charge >= 0.3 is 0 Å². The van der Waals surface area contributed by atoms with Gasteiger partial charge in [0.15, 0.2) is 0 Å². The van der Waals surface area contributed by atoms with Crippen LogP contribution in [0, 0.1) is 5.92 Å². The number of nitrogens with zero attached hydrogens (tertiary/aromatic N) is 1. The van der Waals surface area contributed by atoms with Crippen molar-refractivity contribution in [2.45, 2.75) is 38.0 Å². The molecule has 0 aromatic heterocycles. The predicted octanol–water partition coefficient (Wildman–Crippen LogP) is 3.63. The van der Waals surface area contributed by atoms with Crippen LogP contribution in [-0.2, 0) is 10.2 Å². The lowest BCUT2D eigenvalue weighted by Crippen LogP contribution is -2.44. The van der Waals surface area contributed by atoms with E-state index in [4.69, 9.17) is 11.6 Å². The van der Waals surface area contributed by atoms with Gasteiger partial charge in [0.1, 0.15) is 0 Å². The van der Waals surface area contributed by atoms with Crippen molar-refractivity contribution in [2.24, 2.45) is 5.92 Å². The molecule has 1 atom stereocenters. The summed E-state index contributed by atoms with van der Waals surface area (Å²) in [5, 5.41) is 0.735. The van der Waals surface area contributed by atoms with Crippen molar-refractivity contribution in [1.82, 2.24) is 4.90 Å². The zero-order valence-electron chi connectivity index (χ0n) is 11.4. The van der Waals surface area contributed by atoms with Crippen LogP contribution in [0.3, 0.4) is 0 Å². The molecule has 1 heterocycles. The Bertz CT molecular complexity index is 478. The van der Waals surface area contributed by atoms with Gasteiger partial charge in [0.05, 0.1) is 5.41 Å². The highest BCUT2D eigenvalue weighted by atomic mass is 35.5. The molecule has 0 spiro atoms. The van der Waals surface area contributed by atoms with E-state index in [1.54, 1.807) is 0 Å². The first kappa shape index (κ1) is 13.0. The Labute approximate surface area is 119 Å². The van der Waals surface area contributed by atoms with Gasteiger partial charge in [-0.1, -0.05) is 30.7 Å². The molecule has 0 radical (unpaired) electrons. The van der Waals surface area contributed by atoms with Crippen molar-refractivity contribution in [3.05, 3.63) is 34.9 Å². The minimum atomic E-state index is -0.234. The van der Waals surface area contributed by atoms with Crippen LogP contribution in [-0.4, -0.2) is 23.9 Å². The summed E-state index contributed by atoms with van der Waals surface area (Å²) in [6, 6.07) is 7.81. The van der Waals surface area contributed by atoms with Gasteiger partial charge in [0, 0.05) is 18.1 Å². The summed E-state index contributed by atoms with van der Waals surface area (Å²) in [6.45, 7) is 4.09. The molecule has 2 aliphatic rings. The number of benzene rings is 1. The van der Waals surface area contributed by atoms with Crippen LogP contribution in [0.1, 0.15) is 38.2 Å². The van der Waals surface area contributed by atoms with Crippen molar-refractivity contribution in [3.63, 3.8) is 0 Å². The fourth-order valence-electron chi connectivity index (χ4n) is 3.20. The molecule has 1 aliphatic carbocycles. The second-order valence-electron chi connectivity index (χ2n) is 6.09. The normalized spacial score (nSPS) is 25.2. The summed E-state index contributed by atoms with van der Waals surface area (Å²) in [4.78, 5) is 14.9. The Kier molecular flexibility index (Phi) is 3.30. The SMILES string of the molecule is CC1CCCN(C(=O)C2(c3ccc(Cl)cc3)CC2)C1. The van der Waals surface area contributed by atoms with Gasteiger partial charge in [0.25, 0.3) is 0 Å². The molecular formula is C16H20ClNO. The minimum Gasteiger partial charge on any atom is -0.342 e. The quantitative estimate of drug-likeness (QED) is 0.808. The number of hydrogen-bond acceptors (Lipinski definition) is 1. The number of piperidine rings is 1. The van der Waals surface area contributed by atoms with Crippen molar-refractivity contribution in [1.29, 1.82) is 0 Å². The number of halogens is 1. The molecule has 3 rings (SSSR count). The number of carbonyl (C=O) groups is 1. The van der Waals surface area contributed by atoms with E-state index >= 15 is 0 Å². The minimum absolute atomic E-state index is 0.234. The van der Waals surface area contributed by atoms with Crippen LogP contribution in [0.2, 0.25) is 5.02 Å². The van der Waals surface area contributed by atoms with Crippen molar-refractivity contribution >= 4 is 17.5 Å². The van der Waals surface area contributed by atoms with Crippen LogP contribution in [0.4, 0.5) is 0 Å². The number of likely N-dealkylation sites (tertiary alicyclic amines) is 1. The molecule has 0 bridgehead atoms. The third-order valence-electron chi connectivity index (χ3n) is 4.50. The Morgan fingerprint density at radius 3 is 2.58 bits per heavy atom. The van der Waals surface area contributed by atoms with Gasteiger partial charge in [0.2, 0.25) is 5.91 Å². The maximum absolute atomic E-state index is 12.8. The highest BCUT2D eigenvalue weighted by Gasteiger charge is 2.53. The molecule has 1 saturated carbocycles. The fourth-order valence-corrected chi connectivity index (χ4v) is 3.32. The number of hydrogen-bond donors (Lipinski definition) is 0. The zero-order valence-corrected chi connectivity index (χ0v) is 12.1. The van der Waals surface area contributed by atoms with Gasteiger partial charge in [-0.05, 0) is 49.3 Å². The molecular weight excluding hydrogens is 258 g/mol.